The number of ether oxygens (including phenoxy) is 2. The predicted octanol–water partition coefficient (Wildman–Crippen LogP) is 4.43. The Kier molecular flexibility index (Phi) is 7.74. The summed E-state index contributed by atoms with van der Waals surface area (Å²) in [6.45, 7) is 5.48. The number of nitrogens with one attached hydrogen (secondary N) is 1. The van der Waals surface area contributed by atoms with Crippen LogP contribution in [0.2, 0.25) is 0 Å². The van der Waals surface area contributed by atoms with Crippen molar-refractivity contribution in [1.82, 2.24) is 15.2 Å². The lowest BCUT2D eigenvalue weighted by Gasteiger charge is -2.39. The third kappa shape index (κ3) is 5.72. The molecule has 2 atom stereocenters. The number of halogens is 1. The van der Waals surface area contributed by atoms with E-state index in [0.717, 1.165) is 30.6 Å². The molecule has 0 radical (unpaired) electrons. The van der Waals surface area contributed by atoms with Gasteiger partial charge in [0.15, 0.2) is 12.3 Å². The number of carbonyl (C=O) groups excluding carboxylic acids is 2. The molecule has 8 nitrogen and oxygen atoms in total. The molecular weight excluding hydrogens is 489 g/mol. The van der Waals surface area contributed by atoms with Gasteiger partial charge in [0.2, 0.25) is 11.8 Å². The summed E-state index contributed by atoms with van der Waals surface area (Å²) in [7, 11) is 0. The van der Waals surface area contributed by atoms with Crippen molar-refractivity contribution in [3.05, 3.63) is 82.8 Å². The molecule has 2 aromatic carbocycles. The fourth-order valence-corrected chi connectivity index (χ4v) is 5.02. The van der Waals surface area contributed by atoms with E-state index >= 15 is 0 Å². The first-order valence-electron chi connectivity index (χ1n) is 13.0. The lowest BCUT2D eigenvalue weighted by molar-refractivity contribution is -0.136. The molecular formula is C29H32FN3O5. The maximum Gasteiger partial charge on any atom is 0.273 e. The van der Waals surface area contributed by atoms with Crippen LogP contribution in [0, 0.1) is 11.7 Å². The summed E-state index contributed by atoms with van der Waals surface area (Å²) < 4.78 is 31.1. The molecule has 1 saturated heterocycles. The summed E-state index contributed by atoms with van der Waals surface area (Å²) in [5.41, 5.74) is 2.88. The minimum Gasteiger partial charge on any atom is -0.484 e. The van der Waals surface area contributed by atoms with Gasteiger partial charge in [-0.3, -0.25) is 9.59 Å². The number of hydrogen-bond acceptors (Lipinski definition) is 6. The maximum absolute atomic E-state index is 14.2. The number of fused-ring (bicyclic) bond motifs is 1. The second-order valence-corrected chi connectivity index (χ2v) is 10.0. The van der Waals surface area contributed by atoms with Crippen molar-refractivity contribution in [3.63, 3.8) is 0 Å². The number of amides is 2. The summed E-state index contributed by atoms with van der Waals surface area (Å²) in [6, 6.07) is 11.7. The van der Waals surface area contributed by atoms with Gasteiger partial charge in [-0.25, -0.2) is 9.37 Å². The molecule has 38 heavy (non-hydrogen) atoms. The molecule has 200 valence electrons. The lowest BCUT2D eigenvalue weighted by atomic mass is 9.87. The van der Waals surface area contributed by atoms with Gasteiger partial charge >= 0.3 is 0 Å². The molecule has 0 unspecified atom stereocenters. The average Bonchev–Trinajstić information content (AvgIpc) is 3.62. The Bertz CT molecular complexity index is 1300. The third-order valence-corrected chi connectivity index (χ3v) is 6.95. The van der Waals surface area contributed by atoms with Crippen LogP contribution in [0.4, 0.5) is 4.39 Å². The van der Waals surface area contributed by atoms with E-state index in [-0.39, 0.29) is 47.8 Å². The Hall–Kier alpha value is -3.72. The van der Waals surface area contributed by atoms with Crippen molar-refractivity contribution >= 4 is 11.8 Å². The number of benzene rings is 2. The molecule has 2 amide bonds. The highest BCUT2D eigenvalue weighted by atomic mass is 19.1. The van der Waals surface area contributed by atoms with Gasteiger partial charge in [-0.2, -0.15) is 0 Å². The van der Waals surface area contributed by atoms with Gasteiger partial charge < -0.3 is 24.1 Å². The van der Waals surface area contributed by atoms with Crippen molar-refractivity contribution in [3.8, 4) is 5.75 Å². The molecule has 1 fully saturated rings. The summed E-state index contributed by atoms with van der Waals surface area (Å²) >= 11 is 0. The predicted molar refractivity (Wildman–Crippen MR) is 137 cm³/mol. The van der Waals surface area contributed by atoms with Gasteiger partial charge in [0, 0.05) is 25.6 Å². The first-order valence-corrected chi connectivity index (χ1v) is 13.0. The van der Waals surface area contributed by atoms with Crippen LogP contribution >= 0.6 is 0 Å². The fraction of sp³-hybridized carbons (Fsp3) is 0.414. The van der Waals surface area contributed by atoms with Crippen LogP contribution in [0.5, 0.6) is 5.75 Å². The first kappa shape index (κ1) is 25.9. The summed E-state index contributed by atoms with van der Waals surface area (Å²) in [5, 5.41) is 2.82. The van der Waals surface area contributed by atoms with E-state index in [1.54, 1.807) is 6.07 Å². The number of oxazole rings is 1. The number of nitrogens with zero attached hydrogens (tertiary/aromatic N) is 2. The van der Waals surface area contributed by atoms with E-state index in [2.05, 4.69) is 10.3 Å². The Morgan fingerprint density at radius 2 is 2.11 bits per heavy atom. The smallest absolute Gasteiger partial charge is 0.273 e. The standard InChI is InChI=1S/C29H32FN3O5/c1-18(2)29(35)33-11-10-19-8-9-22(14-24(19)27(33)20-5-3-6-21(30)13-20)37-17-26-32-25(16-38-26)28(34)31-15-23-7-4-12-36-23/h3,5-6,8-9,13-14,16,18,23,27H,4,7,10-12,15,17H2,1-2H3,(H,31,34)/t23-,27+/m0/s1. The van der Waals surface area contributed by atoms with E-state index in [9.17, 15) is 14.0 Å². The van der Waals surface area contributed by atoms with Crippen LogP contribution in [0.1, 0.15) is 65.8 Å². The second-order valence-electron chi connectivity index (χ2n) is 10.0. The molecule has 9 heteroatoms. The molecule has 3 aromatic rings. The molecule has 3 heterocycles. The Morgan fingerprint density at radius 3 is 2.87 bits per heavy atom. The van der Waals surface area contributed by atoms with Crippen molar-refractivity contribution in [2.24, 2.45) is 5.92 Å². The Balaban J connectivity index is 1.31. The van der Waals surface area contributed by atoms with Crippen molar-refractivity contribution in [2.45, 2.75) is 51.9 Å². The lowest BCUT2D eigenvalue weighted by Crippen LogP contribution is -2.42. The molecule has 0 aliphatic carbocycles. The molecule has 0 spiro atoms. The van der Waals surface area contributed by atoms with Crippen LogP contribution in [-0.2, 0) is 22.6 Å². The zero-order valence-corrected chi connectivity index (χ0v) is 21.6. The van der Waals surface area contributed by atoms with Crippen LogP contribution in [0.3, 0.4) is 0 Å². The SMILES string of the molecule is CC(C)C(=O)N1CCc2ccc(OCc3nc(C(=O)NC[C@@H]4CCCO4)co3)cc2[C@H]1c1cccc(F)c1. The van der Waals surface area contributed by atoms with Crippen LogP contribution in [0.15, 0.2) is 53.1 Å². The van der Waals surface area contributed by atoms with Crippen molar-refractivity contribution in [1.29, 1.82) is 0 Å². The number of carbonyl (C=O) groups is 2. The molecule has 0 bridgehead atoms. The highest BCUT2D eigenvalue weighted by Crippen LogP contribution is 2.38. The van der Waals surface area contributed by atoms with E-state index in [1.165, 1.54) is 18.4 Å². The largest absolute Gasteiger partial charge is 0.484 e. The monoisotopic (exact) mass is 521 g/mol. The summed E-state index contributed by atoms with van der Waals surface area (Å²) in [4.78, 5) is 31.5. The maximum atomic E-state index is 14.2. The van der Waals surface area contributed by atoms with Gasteiger partial charge in [-0.15, -0.1) is 0 Å². The van der Waals surface area contributed by atoms with E-state index in [1.807, 2.05) is 43.0 Å². The molecule has 1 aromatic heterocycles. The number of aromatic nitrogens is 1. The highest BCUT2D eigenvalue weighted by Gasteiger charge is 2.33. The molecule has 1 N–H and O–H groups in total. The molecule has 0 saturated carbocycles. The number of hydrogen-bond donors (Lipinski definition) is 1. The van der Waals surface area contributed by atoms with Gasteiger partial charge in [-0.05, 0) is 60.2 Å². The van der Waals surface area contributed by atoms with E-state index in [4.69, 9.17) is 13.9 Å². The minimum absolute atomic E-state index is 0.0151. The van der Waals surface area contributed by atoms with E-state index in [0.29, 0.717) is 30.8 Å². The summed E-state index contributed by atoms with van der Waals surface area (Å²) in [6.07, 6.45) is 3.99. The van der Waals surface area contributed by atoms with Crippen molar-refractivity contribution in [2.75, 3.05) is 19.7 Å². The topological polar surface area (TPSA) is 93.9 Å². The van der Waals surface area contributed by atoms with Gasteiger partial charge in [0.1, 0.15) is 17.8 Å². The Morgan fingerprint density at radius 1 is 1.24 bits per heavy atom. The Labute approximate surface area is 221 Å². The third-order valence-electron chi connectivity index (χ3n) is 6.95. The van der Waals surface area contributed by atoms with Crippen LogP contribution in [0.25, 0.3) is 0 Å². The normalized spacial score (nSPS) is 18.9. The fourth-order valence-electron chi connectivity index (χ4n) is 5.02. The highest BCUT2D eigenvalue weighted by molar-refractivity contribution is 5.91. The van der Waals surface area contributed by atoms with Crippen molar-refractivity contribution < 1.29 is 27.9 Å². The quantitative estimate of drug-likeness (QED) is 0.471. The van der Waals surface area contributed by atoms with Crippen LogP contribution < -0.4 is 10.1 Å². The molecule has 2 aliphatic rings. The zero-order valence-electron chi connectivity index (χ0n) is 21.6. The number of rotatable bonds is 8. The van der Waals surface area contributed by atoms with Gasteiger partial charge in [0.25, 0.3) is 5.91 Å². The van der Waals surface area contributed by atoms with Gasteiger partial charge in [-0.1, -0.05) is 32.0 Å². The minimum atomic E-state index is -0.422. The van der Waals surface area contributed by atoms with Gasteiger partial charge in [0.05, 0.1) is 12.1 Å². The zero-order chi connectivity index (χ0) is 26.6. The first-order chi connectivity index (χ1) is 18.4. The summed E-state index contributed by atoms with van der Waals surface area (Å²) in [5.74, 6) is -0.0130. The second kappa shape index (κ2) is 11.3. The molecule has 2 aliphatic heterocycles. The van der Waals surface area contributed by atoms with E-state index < -0.39 is 6.04 Å². The average molecular weight is 522 g/mol. The van der Waals surface area contributed by atoms with Crippen LogP contribution in [-0.4, -0.2) is 47.5 Å². The molecule has 5 rings (SSSR count).